The quantitative estimate of drug-likeness (QED) is 0.389. The van der Waals surface area contributed by atoms with E-state index in [0.717, 1.165) is 5.01 Å². The Morgan fingerprint density at radius 1 is 1.53 bits per heavy atom. The van der Waals surface area contributed by atoms with Crippen molar-refractivity contribution in [2.24, 2.45) is 17.0 Å². The van der Waals surface area contributed by atoms with Crippen LogP contribution in [0.25, 0.3) is 0 Å². The van der Waals surface area contributed by atoms with E-state index < -0.39 is 19.1 Å². The Bertz CT molecular complexity index is 407. The molecule has 1 fully saturated rings. The fourth-order valence-corrected chi connectivity index (χ4v) is 3.27. The van der Waals surface area contributed by atoms with Gasteiger partial charge in [0.05, 0.1) is 0 Å². The zero-order valence-electron chi connectivity index (χ0n) is 11.7. The molecule has 1 aliphatic heterocycles. The Labute approximate surface area is 113 Å². The molecule has 19 heavy (non-hydrogen) atoms. The maximum atomic E-state index is 12.2. The van der Waals surface area contributed by atoms with Gasteiger partial charge in [-0.3, -0.25) is 14.6 Å². The third-order valence-corrected chi connectivity index (χ3v) is 4.74. The van der Waals surface area contributed by atoms with E-state index >= 15 is 0 Å². The molecule has 0 aliphatic carbocycles. The molecule has 0 spiro atoms. The third kappa shape index (κ3) is 4.03. The van der Waals surface area contributed by atoms with Gasteiger partial charge in [0.15, 0.2) is 13.2 Å². The minimum absolute atomic E-state index is 0.218. The first kappa shape index (κ1) is 16.1. The fraction of sp³-hybridized carbons (Fsp3) is 0.818. The average molecular weight is 290 g/mol. The van der Waals surface area contributed by atoms with Gasteiger partial charge in [0.25, 0.3) is 5.91 Å². The summed E-state index contributed by atoms with van der Waals surface area (Å²) in [5, 5.41) is 1.80. The number of nitrogens with zero attached hydrogens (tertiary/aromatic N) is 1. The van der Waals surface area contributed by atoms with Crippen molar-refractivity contribution in [2.45, 2.75) is 45.3 Å². The number of carbonyl (C=O) groups excluding carboxylic acids is 2. The summed E-state index contributed by atoms with van der Waals surface area (Å²) >= 11 is 0. The summed E-state index contributed by atoms with van der Waals surface area (Å²) in [6, 6.07) is 0. The second-order valence-corrected chi connectivity index (χ2v) is 7.99. The molecular weight excluding hydrogens is 267 g/mol. The average Bonchev–Trinajstić information content (AvgIpc) is 2.22. The second kappa shape index (κ2) is 5.61. The number of amides is 2. The zero-order chi connectivity index (χ0) is 14.8. The van der Waals surface area contributed by atoms with E-state index in [0.29, 0.717) is 13.0 Å². The summed E-state index contributed by atoms with van der Waals surface area (Å²) in [7, 11) is -2.78. The summed E-state index contributed by atoms with van der Waals surface area (Å²) < 4.78 is 12.2. The lowest BCUT2D eigenvalue weighted by Crippen LogP contribution is -2.60. The first-order valence-corrected chi connectivity index (χ1v) is 7.67. The Balaban J connectivity index is 2.72. The number of piperidine rings is 1. The van der Waals surface area contributed by atoms with Crippen LogP contribution in [0.1, 0.15) is 40.0 Å². The molecular formula is C11H23N4O3P. The van der Waals surface area contributed by atoms with E-state index in [1.807, 2.05) is 20.8 Å². The molecule has 0 aromatic heterocycles. The van der Waals surface area contributed by atoms with Crippen molar-refractivity contribution in [3.05, 3.63) is 0 Å². The summed E-state index contributed by atoms with van der Waals surface area (Å²) in [5.41, 5.74) is 5.68. The number of rotatable bonds is 3. The Morgan fingerprint density at radius 2 is 2.11 bits per heavy atom. The lowest BCUT2D eigenvalue weighted by atomic mass is 9.92. The first-order chi connectivity index (χ1) is 8.56. The molecule has 7 nitrogen and oxygen atoms in total. The topological polar surface area (TPSA) is 119 Å². The van der Waals surface area contributed by atoms with Crippen molar-refractivity contribution >= 4 is 19.8 Å². The summed E-state index contributed by atoms with van der Waals surface area (Å²) in [6.07, 6.45) is 1.07. The van der Waals surface area contributed by atoms with Crippen molar-refractivity contribution in [3.8, 4) is 0 Å². The second-order valence-electron chi connectivity index (χ2n) is 6.19. The highest BCUT2D eigenvalue weighted by molar-refractivity contribution is 7.46. The van der Waals surface area contributed by atoms with E-state index in [1.54, 1.807) is 0 Å². The highest BCUT2D eigenvalue weighted by Gasteiger charge is 2.45. The molecule has 1 aliphatic rings. The molecule has 1 rings (SSSR count). The van der Waals surface area contributed by atoms with Gasteiger partial charge in [0.2, 0.25) is 5.91 Å². The van der Waals surface area contributed by atoms with Crippen LogP contribution in [0.15, 0.2) is 0 Å². The Kier molecular flexibility index (Phi) is 4.76. The van der Waals surface area contributed by atoms with Crippen LogP contribution in [-0.2, 0) is 14.2 Å². The van der Waals surface area contributed by atoms with Crippen LogP contribution in [-0.4, -0.2) is 28.6 Å². The van der Waals surface area contributed by atoms with Gasteiger partial charge in [-0.05, 0) is 18.3 Å². The molecule has 0 bridgehead atoms. The predicted octanol–water partition coefficient (Wildman–Crippen LogP) is 0.165. The van der Waals surface area contributed by atoms with E-state index in [2.05, 4.69) is 5.09 Å². The molecule has 8 heteroatoms. The molecule has 2 atom stereocenters. The maximum absolute atomic E-state index is 12.2. The van der Waals surface area contributed by atoms with Crippen LogP contribution in [0.3, 0.4) is 0 Å². The minimum atomic E-state index is -2.78. The highest BCUT2D eigenvalue weighted by Crippen LogP contribution is 2.38. The third-order valence-electron chi connectivity index (χ3n) is 2.96. The molecule has 110 valence electrons. The minimum Gasteiger partial charge on any atom is -0.310 e. The molecule has 0 radical (unpaired) electrons. The van der Waals surface area contributed by atoms with Crippen LogP contribution >= 0.6 is 7.95 Å². The number of hydrogen-bond acceptors (Lipinski definition) is 5. The Hall–Kier alpha value is -0.910. The number of hydrazine groups is 1. The van der Waals surface area contributed by atoms with Crippen LogP contribution in [0.5, 0.6) is 0 Å². The number of nitrogens with one attached hydrogen (secondary N) is 1. The van der Waals surface area contributed by atoms with Gasteiger partial charge >= 0.3 is 0 Å². The van der Waals surface area contributed by atoms with Gasteiger partial charge < -0.3 is 15.4 Å². The predicted molar refractivity (Wildman–Crippen MR) is 73.3 cm³/mol. The van der Waals surface area contributed by atoms with Gasteiger partial charge in [0.1, 0.15) is 0 Å². The molecule has 5 N–H and O–H groups in total. The van der Waals surface area contributed by atoms with Gasteiger partial charge in [-0.2, -0.15) is 0 Å². The van der Waals surface area contributed by atoms with E-state index in [4.69, 9.17) is 11.6 Å². The van der Waals surface area contributed by atoms with Crippen LogP contribution in [0.4, 0.5) is 0 Å². The van der Waals surface area contributed by atoms with Gasteiger partial charge in [-0.15, -0.1) is 0 Å². The zero-order valence-corrected chi connectivity index (χ0v) is 12.7. The molecule has 1 unspecified atom stereocenters. The van der Waals surface area contributed by atoms with Crippen LogP contribution in [0.2, 0.25) is 0 Å². The Morgan fingerprint density at radius 3 is 2.63 bits per heavy atom. The van der Waals surface area contributed by atoms with E-state index in [1.165, 1.54) is 0 Å². The van der Waals surface area contributed by atoms with E-state index in [9.17, 15) is 14.2 Å². The number of nitrogens with two attached hydrogens (primary N) is 2. The lowest BCUT2D eigenvalue weighted by Gasteiger charge is -2.36. The van der Waals surface area contributed by atoms with Crippen molar-refractivity contribution in [2.75, 3.05) is 6.54 Å². The summed E-state index contributed by atoms with van der Waals surface area (Å²) in [5.74, 6) is 4.56. The summed E-state index contributed by atoms with van der Waals surface area (Å²) in [4.78, 5) is 23.7. The normalized spacial score (nSPS) is 26.2. The standard InChI is InChI=1S/C11H23N4O3P/c1-10(2,3)7-8(16)14-19(18)11(12)5-4-6-15(13)9(11)17/h19H,4-7,12-13H2,1-3H3,(H,14,16,18)/t11-/m0/s1. The van der Waals surface area contributed by atoms with E-state index in [-0.39, 0.29) is 24.2 Å². The number of hydrogen-bond donors (Lipinski definition) is 3. The van der Waals surface area contributed by atoms with Crippen molar-refractivity contribution in [1.29, 1.82) is 0 Å². The smallest absolute Gasteiger partial charge is 0.265 e. The fourth-order valence-electron chi connectivity index (χ4n) is 1.97. The SMILES string of the molecule is CC(C)(C)CC(=O)N[PH](=O)[C@@]1(N)CCCN(N)C1=O. The van der Waals surface area contributed by atoms with Gasteiger partial charge in [0, 0.05) is 13.0 Å². The van der Waals surface area contributed by atoms with Gasteiger partial charge in [-0.25, -0.2) is 5.84 Å². The number of carbonyl (C=O) groups is 2. The van der Waals surface area contributed by atoms with Crippen LogP contribution < -0.4 is 16.7 Å². The summed E-state index contributed by atoms with van der Waals surface area (Å²) in [6.45, 7) is 6.09. The van der Waals surface area contributed by atoms with Gasteiger partial charge in [-0.1, -0.05) is 20.8 Å². The molecule has 1 saturated heterocycles. The molecule has 0 aromatic carbocycles. The molecule has 1 heterocycles. The van der Waals surface area contributed by atoms with Crippen molar-refractivity contribution in [1.82, 2.24) is 10.1 Å². The molecule has 0 aromatic rings. The first-order valence-electron chi connectivity index (χ1n) is 6.26. The molecule has 2 amide bonds. The van der Waals surface area contributed by atoms with Crippen molar-refractivity contribution < 1.29 is 14.2 Å². The monoisotopic (exact) mass is 290 g/mol. The largest absolute Gasteiger partial charge is 0.310 e. The maximum Gasteiger partial charge on any atom is 0.265 e. The lowest BCUT2D eigenvalue weighted by molar-refractivity contribution is -0.136. The van der Waals surface area contributed by atoms with Crippen molar-refractivity contribution in [3.63, 3.8) is 0 Å². The molecule has 0 saturated carbocycles. The highest BCUT2D eigenvalue weighted by atomic mass is 31.1. The van der Waals surface area contributed by atoms with Crippen LogP contribution in [0, 0.1) is 5.41 Å².